The maximum Gasteiger partial charge on any atom is 0.0870 e. The average molecular weight is 974 g/mol. The molecule has 6 heteroatoms. The Morgan fingerprint density at radius 1 is 0.234 bits per heavy atom. The van der Waals surface area contributed by atoms with Crippen LogP contribution in [0.3, 0.4) is 0 Å². The predicted molar refractivity (Wildman–Crippen MR) is 313 cm³/mol. The van der Waals surface area contributed by atoms with Gasteiger partial charge in [-0.05, 0) is 96.0 Å². The number of nitrogens with zero attached hydrogens (tertiary/aromatic N) is 2. The smallest absolute Gasteiger partial charge is 0.0870 e. The van der Waals surface area contributed by atoms with Crippen molar-refractivity contribution in [3.05, 3.63) is 0 Å². The molecular weight excluding hydrogens is 853 g/mol. The first-order chi connectivity index (χ1) is 31.6. The van der Waals surface area contributed by atoms with Crippen LogP contribution < -0.4 is 0 Å². The van der Waals surface area contributed by atoms with Crippen molar-refractivity contribution < 1.29 is 0 Å². The van der Waals surface area contributed by atoms with E-state index in [2.05, 4.69) is 86.8 Å². The van der Waals surface area contributed by atoms with Crippen molar-refractivity contribution >= 4 is 51.2 Å². The molecule has 0 aromatic rings. The zero-order chi connectivity index (χ0) is 46.8. The molecule has 0 fully saturated rings. The normalized spacial score (nSPS) is 12.0. The molecule has 0 radical (unpaired) electrons. The maximum absolute atomic E-state index is 3.07. The van der Waals surface area contributed by atoms with Crippen molar-refractivity contribution in [1.29, 1.82) is 0 Å². The second kappa shape index (κ2) is 53.4. The fourth-order valence-electron chi connectivity index (χ4n) is 8.92. The number of unbranched alkanes of at least 4 members (excludes halogenated alkanes) is 32. The van der Waals surface area contributed by atoms with Crippen LogP contribution in [0.25, 0.3) is 0 Å². The van der Waals surface area contributed by atoms with Gasteiger partial charge >= 0.3 is 0 Å². The van der Waals surface area contributed by atoms with Crippen molar-refractivity contribution in [2.45, 2.75) is 312 Å². The molecule has 386 valence electrons. The fraction of sp³-hybridized carbons (Fsp3) is 0.966. The van der Waals surface area contributed by atoms with E-state index in [1.807, 2.05) is 8.64 Å². The summed E-state index contributed by atoms with van der Waals surface area (Å²) in [6, 6.07) is 0. The Morgan fingerprint density at radius 2 is 0.406 bits per heavy atom. The lowest BCUT2D eigenvalue weighted by atomic mass is 10.1. The molecule has 0 aliphatic heterocycles. The summed E-state index contributed by atoms with van der Waals surface area (Å²) < 4.78 is 3.72. The van der Waals surface area contributed by atoms with Crippen LogP contribution in [0.5, 0.6) is 0 Å². The van der Waals surface area contributed by atoms with Gasteiger partial charge < -0.3 is 0 Å². The highest BCUT2D eigenvalue weighted by atomic mass is 33.1. The Labute approximate surface area is 419 Å². The van der Waals surface area contributed by atoms with E-state index in [0.29, 0.717) is 21.0 Å². The van der Waals surface area contributed by atoms with Crippen LogP contribution in [0.15, 0.2) is 0 Å². The van der Waals surface area contributed by atoms with Gasteiger partial charge in [-0.3, -0.25) is 9.80 Å². The third-order valence-electron chi connectivity index (χ3n) is 13.3. The monoisotopic (exact) mass is 973 g/mol. The van der Waals surface area contributed by atoms with Gasteiger partial charge in [-0.1, -0.05) is 261 Å². The molecule has 0 aliphatic carbocycles. The summed E-state index contributed by atoms with van der Waals surface area (Å²) in [7, 11) is 5.44. The summed E-state index contributed by atoms with van der Waals surface area (Å²) >= 11 is 0. The summed E-state index contributed by atoms with van der Waals surface area (Å²) in [6.07, 6.45) is 56.1. The van der Waals surface area contributed by atoms with E-state index in [1.54, 1.807) is 0 Å². The molecule has 0 atom stereocenters. The van der Waals surface area contributed by atoms with Crippen LogP contribution in [0.2, 0.25) is 0 Å². The quantitative estimate of drug-likeness (QED) is 0.0340. The van der Waals surface area contributed by atoms with E-state index in [0.717, 1.165) is 0 Å². The van der Waals surface area contributed by atoms with Crippen LogP contribution in [0, 0.1) is 0 Å². The Hall–Kier alpha value is 1.06. The van der Waals surface area contributed by atoms with E-state index < -0.39 is 0 Å². The number of rotatable bonds is 48. The third kappa shape index (κ3) is 39.9. The summed E-state index contributed by atoms with van der Waals surface area (Å²) in [5.41, 5.74) is 0. The highest BCUT2D eigenvalue weighted by Gasteiger charge is 2.22. The second-order valence-electron chi connectivity index (χ2n) is 19.8. The van der Waals surface area contributed by atoms with E-state index in [1.165, 1.54) is 306 Å². The molecule has 0 spiro atoms. The first-order valence-corrected chi connectivity index (χ1v) is 34.8. The van der Waals surface area contributed by atoms with Crippen LogP contribution in [0.4, 0.5) is 0 Å². The minimum atomic E-state index is 0.356. The minimum Gasteiger partial charge on any atom is -0.264 e. The second-order valence-corrected chi connectivity index (χ2v) is 26.8. The minimum absolute atomic E-state index is 0.356. The highest BCUT2D eigenvalue weighted by Crippen LogP contribution is 2.40. The van der Waals surface area contributed by atoms with Gasteiger partial charge in [-0.2, -0.15) is 21.0 Å². The Kier molecular flexibility index (Phi) is 54.3. The summed E-state index contributed by atoms with van der Waals surface area (Å²) in [5, 5.41) is 0. The Morgan fingerprint density at radius 3 is 0.594 bits per heavy atom. The molecule has 0 unspecified atom stereocenters. The lowest BCUT2D eigenvalue weighted by Gasteiger charge is -2.32. The molecule has 0 aliphatic rings. The molecule has 0 saturated heterocycles. The molecule has 0 bridgehead atoms. The molecule has 0 rings (SSSR count). The lowest BCUT2D eigenvalue weighted by Crippen LogP contribution is -2.34. The molecule has 0 heterocycles. The van der Waals surface area contributed by atoms with E-state index in [9.17, 15) is 0 Å². The third-order valence-corrected chi connectivity index (χ3v) is 22.6. The Balaban J connectivity index is 7.54. The Bertz CT molecular complexity index is 861. The van der Waals surface area contributed by atoms with Crippen molar-refractivity contribution in [2.75, 3.05) is 49.2 Å². The summed E-state index contributed by atoms with van der Waals surface area (Å²) in [4.78, 5) is 6.14. The van der Waals surface area contributed by atoms with Gasteiger partial charge in [0, 0.05) is 26.2 Å². The molecule has 0 aromatic carbocycles. The lowest BCUT2D eigenvalue weighted by molar-refractivity contribution is 0.395. The summed E-state index contributed by atoms with van der Waals surface area (Å²) in [6.45, 7) is 24.3. The highest BCUT2D eigenvalue weighted by molar-refractivity contribution is 8.90. The molecule has 0 aromatic heterocycles. The van der Waals surface area contributed by atoms with Gasteiger partial charge in [0.2, 0.25) is 0 Å². The van der Waals surface area contributed by atoms with E-state index in [-0.39, 0.29) is 0 Å². The van der Waals surface area contributed by atoms with Crippen molar-refractivity contribution in [1.82, 2.24) is 9.80 Å². The van der Waals surface area contributed by atoms with Crippen LogP contribution in [-0.2, 0) is 0 Å². The SMILES string of the molecule is CCCCCCCN(CCCCCCC)C(SSC(N(CCCCCCC)CCCCCCC)=S(CCCCCCC)CCCCCCC)=S(CCCCCCC)CCCCCCC. The predicted octanol–water partition coefficient (Wildman–Crippen LogP) is 21.4. The van der Waals surface area contributed by atoms with Crippen LogP contribution in [0.1, 0.15) is 312 Å². The van der Waals surface area contributed by atoms with Crippen LogP contribution >= 0.6 is 42.6 Å². The topological polar surface area (TPSA) is 6.48 Å². The van der Waals surface area contributed by atoms with Gasteiger partial charge in [0.05, 0.1) is 8.64 Å². The molecule has 64 heavy (non-hydrogen) atoms. The van der Waals surface area contributed by atoms with Crippen molar-refractivity contribution in [3.8, 4) is 0 Å². The number of hydrogen-bond acceptors (Lipinski definition) is 2. The number of hydrogen-bond donors (Lipinski definition) is 0. The van der Waals surface area contributed by atoms with E-state index >= 15 is 0 Å². The standard InChI is InChI=1S/C58H120N2S4/c1-9-17-25-33-41-49-59(50-42-34-26-18-10-2)57(63(53-45-37-29-21-13-5)54-46-38-30-22-14-6)61-62-58(60(51-43-35-27-19-11-3)52-44-36-28-20-12-4)64(55-47-39-31-23-15-7)56-48-40-32-24-16-8/h9-56H2,1-8H3. The molecular formula is C58H120N2S4. The van der Waals surface area contributed by atoms with Crippen LogP contribution in [-0.4, -0.2) is 67.6 Å². The first-order valence-electron chi connectivity index (χ1n) is 29.5. The van der Waals surface area contributed by atoms with Gasteiger partial charge in [0.1, 0.15) is 0 Å². The molecule has 0 amide bonds. The van der Waals surface area contributed by atoms with E-state index in [4.69, 9.17) is 0 Å². The largest absolute Gasteiger partial charge is 0.264 e. The fourth-order valence-corrected chi connectivity index (χ4v) is 19.2. The molecule has 2 nitrogen and oxygen atoms in total. The maximum atomic E-state index is 3.07. The van der Waals surface area contributed by atoms with Gasteiger partial charge in [0.25, 0.3) is 0 Å². The zero-order valence-electron chi connectivity index (χ0n) is 45.5. The molecule has 0 N–H and O–H groups in total. The average Bonchev–Trinajstić information content (AvgIpc) is 3.30. The van der Waals surface area contributed by atoms with Gasteiger partial charge in [-0.15, -0.1) is 0 Å². The zero-order valence-corrected chi connectivity index (χ0v) is 48.7. The summed E-state index contributed by atoms with van der Waals surface area (Å²) in [5.74, 6) is 5.77. The van der Waals surface area contributed by atoms with Gasteiger partial charge in [0.15, 0.2) is 0 Å². The first kappa shape index (κ1) is 65.1. The molecule has 0 saturated carbocycles. The van der Waals surface area contributed by atoms with Crippen molar-refractivity contribution in [2.24, 2.45) is 0 Å². The van der Waals surface area contributed by atoms with Gasteiger partial charge in [-0.25, -0.2) is 0 Å². The van der Waals surface area contributed by atoms with Crippen molar-refractivity contribution in [3.63, 3.8) is 0 Å².